The molecule has 0 aliphatic rings. The lowest BCUT2D eigenvalue weighted by Crippen LogP contribution is -2.31. The van der Waals surface area contributed by atoms with E-state index < -0.39 is 0 Å². The lowest BCUT2D eigenvalue weighted by molar-refractivity contribution is 0.296. The molecule has 5 aromatic carbocycles. The molecule has 5 aromatic rings. The van der Waals surface area contributed by atoms with E-state index in [1.54, 1.807) is 0 Å². The number of unbranched alkanes of at least 4 members (excludes halogenated alkanes) is 1. The first-order chi connectivity index (χ1) is 22.8. The van der Waals surface area contributed by atoms with Crippen LogP contribution in [0.2, 0.25) is 0 Å². The fourth-order valence-electron chi connectivity index (χ4n) is 5.39. The van der Waals surface area contributed by atoms with Crippen LogP contribution in [0.25, 0.3) is 0 Å². The summed E-state index contributed by atoms with van der Waals surface area (Å²) in [6.45, 7) is 4.48. The summed E-state index contributed by atoms with van der Waals surface area (Å²) in [5.74, 6) is 3.46. The van der Waals surface area contributed by atoms with Crippen molar-refractivity contribution < 1.29 is 4.74 Å². The van der Waals surface area contributed by atoms with Crippen LogP contribution in [-0.2, 0) is 24.6 Å². The lowest BCUT2D eigenvalue weighted by Gasteiger charge is -2.20. The third-order valence-electron chi connectivity index (χ3n) is 7.94. The fraction of sp³-hybridized carbons (Fsp3) is 0.268. The Kier molecular flexibility index (Phi) is 14.7. The summed E-state index contributed by atoms with van der Waals surface area (Å²) in [6.07, 6.45) is 3.37. The number of para-hydroxylation sites is 1. The van der Waals surface area contributed by atoms with E-state index in [1.165, 1.54) is 32.0 Å². The summed E-state index contributed by atoms with van der Waals surface area (Å²) in [4.78, 5) is 2.72. The van der Waals surface area contributed by atoms with Crippen molar-refractivity contribution in [3.63, 3.8) is 0 Å². The second kappa shape index (κ2) is 19.9. The summed E-state index contributed by atoms with van der Waals surface area (Å²) >= 11 is 3.85. The van der Waals surface area contributed by atoms with Crippen LogP contribution in [0.4, 0.5) is 0 Å². The molecule has 0 amide bonds. The maximum absolute atomic E-state index is 5.97. The highest BCUT2D eigenvalue weighted by Gasteiger charge is 2.11. The Bertz CT molecular complexity index is 1440. The van der Waals surface area contributed by atoms with Crippen LogP contribution in [0.5, 0.6) is 5.75 Å². The maximum atomic E-state index is 5.97. The molecular formula is C41H46N2OS2. The number of nitrogens with one attached hydrogen (secondary N) is 2. The van der Waals surface area contributed by atoms with Gasteiger partial charge in [-0.1, -0.05) is 115 Å². The molecule has 0 fully saturated rings. The molecule has 5 rings (SSSR count). The molecule has 0 aliphatic carbocycles. The number of thioether (sulfide) groups is 2. The van der Waals surface area contributed by atoms with E-state index in [2.05, 4.69) is 120 Å². The maximum Gasteiger partial charge on any atom is 0.119 e. The summed E-state index contributed by atoms with van der Waals surface area (Å²) < 4.78 is 5.97. The minimum Gasteiger partial charge on any atom is -0.494 e. The molecule has 0 bridgehead atoms. The molecule has 46 heavy (non-hydrogen) atoms. The first kappa shape index (κ1) is 33.9. The number of ether oxygens (including phenoxy) is 1. The highest BCUT2D eigenvalue weighted by molar-refractivity contribution is 7.98. The highest BCUT2D eigenvalue weighted by atomic mass is 32.2. The summed E-state index contributed by atoms with van der Waals surface area (Å²) in [6, 6.07) is 49.2. The van der Waals surface area contributed by atoms with Gasteiger partial charge < -0.3 is 15.4 Å². The minimum absolute atomic E-state index is 0.532. The molecule has 0 saturated carbocycles. The zero-order chi connectivity index (χ0) is 31.5. The lowest BCUT2D eigenvalue weighted by atomic mass is 10.0. The van der Waals surface area contributed by atoms with Crippen molar-refractivity contribution in [2.24, 2.45) is 5.92 Å². The molecule has 0 unspecified atom stereocenters. The van der Waals surface area contributed by atoms with E-state index in [9.17, 15) is 0 Å². The average molecular weight is 647 g/mol. The molecule has 238 valence electrons. The van der Waals surface area contributed by atoms with Gasteiger partial charge in [-0.3, -0.25) is 0 Å². The van der Waals surface area contributed by atoms with Crippen molar-refractivity contribution in [1.29, 1.82) is 0 Å². The summed E-state index contributed by atoms with van der Waals surface area (Å²) in [5, 5.41) is 7.63. The van der Waals surface area contributed by atoms with Crippen LogP contribution in [0.15, 0.2) is 149 Å². The third kappa shape index (κ3) is 12.0. The number of hydrogen-bond donors (Lipinski definition) is 2. The molecule has 0 atom stereocenters. The monoisotopic (exact) mass is 646 g/mol. The predicted octanol–water partition coefficient (Wildman–Crippen LogP) is 10.0. The minimum atomic E-state index is 0.532. The van der Waals surface area contributed by atoms with Gasteiger partial charge in [-0.15, -0.1) is 23.5 Å². The van der Waals surface area contributed by atoms with Gasteiger partial charge in [0.05, 0.1) is 6.61 Å². The normalized spacial score (nSPS) is 11.2. The summed E-state index contributed by atoms with van der Waals surface area (Å²) in [7, 11) is 0. The summed E-state index contributed by atoms with van der Waals surface area (Å²) in [5.41, 5.74) is 5.46. The molecule has 2 N–H and O–H groups in total. The average Bonchev–Trinajstić information content (AvgIpc) is 3.11. The molecule has 0 aliphatic heterocycles. The Morgan fingerprint density at radius 1 is 0.500 bits per heavy atom. The quantitative estimate of drug-likeness (QED) is 0.0650. The van der Waals surface area contributed by atoms with Crippen LogP contribution in [-0.4, -0.2) is 19.7 Å². The van der Waals surface area contributed by atoms with Gasteiger partial charge in [-0.2, -0.15) is 0 Å². The van der Waals surface area contributed by atoms with E-state index in [1.807, 2.05) is 53.9 Å². The van der Waals surface area contributed by atoms with E-state index in [4.69, 9.17) is 4.74 Å². The Labute approximate surface area is 284 Å². The number of hydrogen-bond acceptors (Lipinski definition) is 5. The molecule has 0 saturated heterocycles. The van der Waals surface area contributed by atoms with E-state index >= 15 is 0 Å². The first-order valence-corrected chi connectivity index (χ1v) is 18.4. The van der Waals surface area contributed by atoms with Crippen molar-refractivity contribution in [3.05, 3.63) is 162 Å². The van der Waals surface area contributed by atoms with E-state index in [0.717, 1.165) is 69.3 Å². The van der Waals surface area contributed by atoms with Gasteiger partial charge in [0.15, 0.2) is 0 Å². The standard InChI is InChI=1S/C41H46N2OS2/c1-4-16-34(17-5-1)32-45-40-25-12-10-21-37(40)30-42-28-36(20-14-15-27-44-39-23-8-3-9-24-39)29-43-31-38-22-11-13-26-41(38)46-33-35-18-6-2-7-19-35/h1-13,16-19,21-26,36,42-43H,14-15,20,27-33H2. The molecule has 3 nitrogen and oxygen atoms in total. The molecule has 0 radical (unpaired) electrons. The predicted molar refractivity (Wildman–Crippen MR) is 198 cm³/mol. The largest absolute Gasteiger partial charge is 0.494 e. The van der Waals surface area contributed by atoms with Gasteiger partial charge in [-0.25, -0.2) is 0 Å². The van der Waals surface area contributed by atoms with Crippen molar-refractivity contribution in [2.45, 2.75) is 53.6 Å². The van der Waals surface area contributed by atoms with Gasteiger partial charge in [0, 0.05) is 34.4 Å². The zero-order valence-corrected chi connectivity index (χ0v) is 28.3. The molecule has 5 heteroatoms. The van der Waals surface area contributed by atoms with Gasteiger partial charge in [-0.05, 0) is 84.8 Å². The SMILES string of the molecule is c1ccc(CSc2ccccc2CNCC(CCCCOc2ccccc2)CNCc2ccccc2SCc2ccccc2)cc1. The van der Waals surface area contributed by atoms with Gasteiger partial charge in [0.25, 0.3) is 0 Å². The van der Waals surface area contributed by atoms with Gasteiger partial charge >= 0.3 is 0 Å². The molecular weight excluding hydrogens is 601 g/mol. The topological polar surface area (TPSA) is 33.3 Å². The van der Waals surface area contributed by atoms with Crippen molar-refractivity contribution in [2.75, 3.05) is 19.7 Å². The van der Waals surface area contributed by atoms with Crippen molar-refractivity contribution in [3.8, 4) is 5.75 Å². The van der Waals surface area contributed by atoms with Crippen LogP contribution in [0.1, 0.15) is 41.5 Å². The molecule has 0 aromatic heterocycles. The van der Waals surface area contributed by atoms with E-state index in [-0.39, 0.29) is 0 Å². The third-order valence-corrected chi connectivity index (χ3v) is 10.3. The van der Waals surface area contributed by atoms with Crippen molar-refractivity contribution in [1.82, 2.24) is 10.6 Å². The molecule has 0 spiro atoms. The highest BCUT2D eigenvalue weighted by Crippen LogP contribution is 2.27. The smallest absolute Gasteiger partial charge is 0.119 e. The second-order valence-electron chi connectivity index (χ2n) is 11.5. The van der Waals surface area contributed by atoms with Gasteiger partial charge in [0.1, 0.15) is 5.75 Å². The van der Waals surface area contributed by atoms with Crippen LogP contribution in [0, 0.1) is 5.92 Å². The number of rotatable bonds is 20. The Balaban J connectivity index is 1.12. The van der Waals surface area contributed by atoms with Crippen LogP contribution < -0.4 is 15.4 Å². The van der Waals surface area contributed by atoms with E-state index in [0.29, 0.717) is 5.92 Å². The zero-order valence-electron chi connectivity index (χ0n) is 26.7. The molecule has 0 heterocycles. The Morgan fingerprint density at radius 3 is 1.48 bits per heavy atom. The number of benzene rings is 5. The van der Waals surface area contributed by atoms with Crippen LogP contribution >= 0.6 is 23.5 Å². The Morgan fingerprint density at radius 2 is 0.957 bits per heavy atom. The van der Waals surface area contributed by atoms with Crippen LogP contribution in [0.3, 0.4) is 0 Å². The fourth-order valence-corrected chi connectivity index (χ4v) is 7.42. The first-order valence-electron chi connectivity index (χ1n) is 16.4. The van der Waals surface area contributed by atoms with Gasteiger partial charge in [0.2, 0.25) is 0 Å². The van der Waals surface area contributed by atoms with Crippen molar-refractivity contribution >= 4 is 23.5 Å². The Hall–Kier alpha value is -3.48. The second-order valence-corrected chi connectivity index (χ2v) is 13.6.